The number of pyridine rings is 1. The van der Waals surface area contributed by atoms with E-state index in [1.165, 1.54) is 0 Å². The molecule has 1 aromatic carbocycles. The summed E-state index contributed by atoms with van der Waals surface area (Å²) in [6.07, 6.45) is 3.94. The van der Waals surface area contributed by atoms with Crippen LogP contribution in [-0.2, 0) is 0 Å². The van der Waals surface area contributed by atoms with E-state index in [2.05, 4.69) is 24.1 Å². The maximum atomic E-state index is 9.62. The number of fused-ring (bicyclic) bond motifs is 1. The lowest BCUT2D eigenvalue weighted by molar-refractivity contribution is 0.407. The van der Waals surface area contributed by atoms with Crippen LogP contribution in [0.25, 0.3) is 10.8 Å². The van der Waals surface area contributed by atoms with E-state index < -0.39 is 0 Å². The molecule has 0 aliphatic carbocycles. The van der Waals surface area contributed by atoms with Gasteiger partial charge in [-0.25, -0.2) is 4.98 Å². The monoisotopic (exact) mass is 273 g/mol. The first-order valence-electron chi connectivity index (χ1n) is 7.22. The van der Waals surface area contributed by atoms with Gasteiger partial charge in [0.1, 0.15) is 11.6 Å². The summed E-state index contributed by atoms with van der Waals surface area (Å²) in [4.78, 5) is 4.35. The van der Waals surface area contributed by atoms with E-state index in [0.29, 0.717) is 12.5 Å². The van der Waals surface area contributed by atoms with Gasteiger partial charge in [-0.05, 0) is 29.5 Å². The lowest BCUT2D eigenvalue weighted by Gasteiger charge is -2.22. The van der Waals surface area contributed by atoms with Crippen molar-refractivity contribution in [3.05, 3.63) is 30.5 Å². The van der Waals surface area contributed by atoms with Crippen LogP contribution in [0.5, 0.6) is 5.75 Å². The van der Waals surface area contributed by atoms with Gasteiger partial charge in [-0.15, -0.1) is 0 Å². The van der Waals surface area contributed by atoms with Crippen LogP contribution in [0.1, 0.15) is 26.7 Å². The lowest BCUT2D eigenvalue weighted by atomic mass is 9.95. The van der Waals surface area contributed by atoms with Gasteiger partial charge in [0.2, 0.25) is 0 Å². The number of nitrogens with two attached hydrogens (primary N) is 1. The molecule has 1 heterocycles. The molecular weight excluding hydrogens is 250 g/mol. The number of nitrogens with zero attached hydrogens (tertiary/aromatic N) is 1. The first-order chi connectivity index (χ1) is 9.65. The van der Waals surface area contributed by atoms with Crippen LogP contribution < -0.4 is 11.1 Å². The maximum Gasteiger partial charge on any atom is 0.134 e. The van der Waals surface area contributed by atoms with Gasteiger partial charge in [-0.1, -0.05) is 32.8 Å². The summed E-state index contributed by atoms with van der Waals surface area (Å²) in [6.45, 7) is 5.03. The van der Waals surface area contributed by atoms with Gasteiger partial charge in [0.05, 0.1) is 0 Å². The molecule has 0 fully saturated rings. The lowest BCUT2D eigenvalue weighted by Crippen LogP contribution is -2.36. The Morgan fingerprint density at radius 3 is 2.70 bits per heavy atom. The van der Waals surface area contributed by atoms with Crippen molar-refractivity contribution in [3.63, 3.8) is 0 Å². The summed E-state index contributed by atoms with van der Waals surface area (Å²) in [5.41, 5.74) is 6.22. The van der Waals surface area contributed by atoms with Crippen molar-refractivity contribution in [2.75, 3.05) is 11.9 Å². The number of hydrogen-bond acceptors (Lipinski definition) is 4. The average Bonchev–Trinajstić information content (AvgIpc) is 2.46. The first kappa shape index (κ1) is 14.6. The molecular formula is C16H23N3O. The Morgan fingerprint density at radius 2 is 2.00 bits per heavy atom. The number of aromatic nitrogens is 1. The van der Waals surface area contributed by atoms with Crippen LogP contribution in [0, 0.1) is 5.92 Å². The number of nitrogens with one attached hydrogen (secondary N) is 1. The topological polar surface area (TPSA) is 71.2 Å². The van der Waals surface area contributed by atoms with Gasteiger partial charge in [0.15, 0.2) is 0 Å². The predicted octanol–water partition coefficient (Wildman–Crippen LogP) is 3.12. The second kappa shape index (κ2) is 6.57. The summed E-state index contributed by atoms with van der Waals surface area (Å²) in [6, 6.07) is 7.34. The van der Waals surface area contributed by atoms with E-state index in [4.69, 9.17) is 5.73 Å². The molecule has 0 radical (unpaired) electrons. The van der Waals surface area contributed by atoms with E-state index in [-0.39, 0.29) is 11.8 Å². The molecule has 0 bridgehead atoms. The molecule has 2 rings (SSSR count). The van der Waals surface area contributed by atoms with Crippen molar-refractivity contribution in [3.8, 4) is 5.75 Å². The molecule has 1 atom stereocenters. The van der Waals surface area contributed by atoms with E-state index in [1.54, 1.807) is 18.3 Å². The fourth-order valence-electron chi connectivity index (χ4n) is 2.57. The zero-order chi connectivity index (χ0) is 14.5. The average molecular weight is 273 g/mol. The second-order valence-electron chi connectivity index (χ2n) is 5.19. The van der Waals surface area contributed by atoms with Gasteiger partial charge >= 0.3 is 0 Å². The summed E-state index contributed by atoms with van der Waals surface area (Å²) >= 11 is 0. The first-order valence-corrected chi connectivity index (χ1v) is 7.22. The van der Waals surface area contributed by atoms with Crippen molar-refractivity contribution >= 4 is 16.6 Å². The largest absolute Gasteiger partial charge is 0.508 e. The fourth-order valence-corrected chi connectivity index (χ4v) is 2.57. The fraction of sp³-hybridized carbons (Fsp3) is 0.438. The van der Waals surface area contributed by atoms with Gasteiger partial charge in [-0.3, -0.25) is 0 Å². The highest BCUT2D eigenvalue weighted by atomic mass is 16.3. The predicted molar refractivity (Wildman–Crippen MR) is 83.9 cm³/mol. The molecule has 1 aromatic heterocycles. The van der Waals surface area contributed by atoms with Crippen LogP contribution in [-0.4, -0.2) is 22.7 Å². The third kappa shape index (κ3) is 3.20. The van der Waals surface area contributed by atoms with Gasteiger partial charge in [0.25, 0.3) is 0 Å². The number of hydrogen-bond donors (Lipinski definition) is 3. The van der Waals surface area contributed by atoms with Crippen molar-refractivity contribution in [1.29, 1.82) is 0 Å². The van der Waals surface area contributed by atoms with E-state index in [1.807, 2.05) is 12.1 Å². The third-order valence-electron chi connectivity index (χ3n) is 3.91. The molecule has 0 amide bonds. The molecule has 4 N–H and O–H groups in total. The van der Waals surface area contributed by atoms with E-state index in [9.17, 15) is 5.11 Å². The van der Waals surface area contributed by atoms with E-state index >= 15 is 0 Å². The highest BCUT2D eigenvalue weighted by Gasteiger charge is 2.14. The molecule has 2 aromatic rings. The Bertz CT molecular complexity index is 567. The molecule has 0 spiro atoms. The number of rotatable bonds is 6. The Kier molecular flexibility index (Phi) is 4.79. The summed E-state index contributed by atoms with van der Waals surface area (Å²) in [5.74, 6) is 1.54. The molecule has 4 nitrogen and oxygen atoms in total. The minimum absolute atomic E-state index is 0.111. The number of phenolic OH excluding ortho intramolecular Hbond substituents is 1. The van der Waals surface area contributed by atoms with Crippen LogP contribution in [0.4, 0.5) is 5.82 Å². The molecule has 4 heteroatoms. The molecule has 0 aliphatic rings. The van der Waals surface area contributed by atoms with Gasteiger partial charge in [-0.2, -0.15) is 0 Å². The molecule has 108 valence electrons. The second-order valence-corrected chi connectivity index (χ2v) is 5.19. The van der Waals surface area contributed by atoms with Crippen molar-refractivity contribution in [1.82, 2.24) is 4.98 Å². The van der Waals surface area contributed by atoms with Crippen LogP contribution in [0.15, 0.2) is 30.5 Å². The van der Waals surface area contributed by atoms with Crippen LogP contribution >= 0.6 is 0 Å². The third-order valence-corrected chi connectivity index (χ3v) is 3.91. The Morgan fingerprint density at radius 1 is 1.25 bits per heavy atom. The summed E-state index contributed by atoms with van der Waals surface area (Å²) in [5, 5.41) is 14.9. The molecule has 0 saturated carbocycles. The normalized spacial score (nSPS) is 12.8. The molecule has 20 heavy (non-hydrogen) atoms. The zero-order valence-electron chi connectivity index (χ0n) is 12.1. The Balaban J connectivity index is 2.15. The minimum Gasteiger partial charge on any atom is -0.508 e. The smallest absolute Gasteiger partial charge is 0.134 e. The van der Waals surface area contributed by atoms with Crippen molar-refractivity contribution in [2.45, 2.75) is 32.7 Å². The van der Waals surface area contributed by atoms with Crippen LogP contribution in [0.3, 0.4) is 0 Å². The number of phenols is 1. The number of anilines is 1. The van der Waals surface area contributed by atoms with Crippen molar-refractivity contribution in [2.24, 2.45) is 11.7 Å². The Labute approximate surface area is 120 Å². The van der Waals surface area contributed by atoms with Crippen molar-refractivity contribution < 1.29 is 5.11 Å². The Hall–Kier alpha value is -1.81. The van der Waals surface area contributed by atoms with Gasteiger partial charge in [0, 0.05) is 24.2 Å². The molecule has 0 saturated heterocycles. The number of benzene rings is 1. The quantitative estimate of drug-likeness (QED) is 0.756. The minimum atomic E-state index is 0.111. The maximum absolute atomic E-state index is 9.62. The zero-order valence-corrected chi connectivity index (χ0v) is 12.1. The SMILES string of the molecule is CCC(CC)C(N)CNc1nccc2ccc(O)cc12. The summed E-state index contributed by atoms with van der Waals surface area (Å²) in [7, 11) is 0. The standard InChI is InChI=1S/C16H23N3O/c1-3-11(4-2)15(17)10-19-16-14-9-13(20)6-5-12(14)7-8-18-16/h5-9,11,15,20H,3-4,10,17H2,1-2H3,(H,18,19). The van der Waals surface area contributed by atoms with Gasteiger partial charge < -0.3 is 16.2 Å². The highest BCUT2D eigenvalue weighted by molar-refractivity contribution is 5.92. The molecule has 0 aliphatic heterocycles. The highest BCUT2D eigenvalue weighted by Crippen LogP contribution is 2.25. The van der Waals surface area contributed by atoms with Crippen LogP contribution in [0.2, 0.25) is 0 Å². The molecule has 1 unspecified atom stereocenters. The number of aromatic hydroxyl groups is 1. The summed E-state index contributed by atoms with van der Waals surface area (Å²) < 4.78 is 0. The van der Waals surface area contributed by atoms with E-state index in [0.717, 1.165) is 29.4 Å².